The molecule has 0 N–H and O–H groups in total. The second-order valence-corrected chi connectivity index (χ2v) is 16.5. The Bertz CT molecular complexity index is 932. The third-order valence-corrected chi connectivity index (χ3v) is 11.5. The van der Waals surface area contributed by atoms with Crippen LogP contribution in [0, 0.1) is 23.2 Å². The molecule has 0 aromatic heterocycles. The minimum Gasteiger partial charge on any atom is -0.465 e. The van der Waals surface area contributed by atoms with Gasteiger partial charge in [0, 0.05) is 31.7 Å². The topological polar surface area (TPSA) is 82.1 Å². The van der Waals surface area contributed by atoms with Crippen LogP contribution in [0.25, 0.3) is 0 Å². The zero-order chi connectivity index (χ0) is 37.0. The molecule has 1 aliphatic heterocycles. The summed E-state index contributed by atoms with van der Waals surface area (Å²) in [6.45, 7) is 12.9. The highest BCUT2D eigenvalue weighted by Gasteiger charge is 2.36. The summed E-state index contributed by atoms with van der Waals surface area (Å²) in [6, 6.07) is 0. The summed E-state index contributed by atoms with van der Waals surface area (Å²) in [5.74, 6) is 1.12. The second kappa shape index (κ2) is 28.6. The van der Waals surface area contributed by atoms with Gasteiger partial charge in [-0.1, -0.05) is 110 Å². The lowest BCUT2D eigenvalue weighted by Crippen LogP contribution is -2.27. The van der Waals surface area contributed by atoms with E-state index in [4.69, 9.17) is 14.2 Å². The van der Waals surface area contributed by atoms with Gasteiger partial charge in [-0.15, -0.1) is 0 Å². The van der Waals surface area contributed by atoms with Crippen LogP contribution in [0.1, 0.15) is 188 Å². The van der Waals surface area contributed by atoms with Gasteiger partial charge in [0.1, 0.15) is 12.4 Å². The number of nitrogens with zero attached hydrogens (tertiary/aromatic N) is 1. The Labute approximate surface area is 313 Å². The van der Waals surface area contributed by atoms with Gasteiger partial charge in [0.25, 0.3) is 0 Å². The van der Waals surface area contributed by atoms with Crippen molar-refractivity contribution < 1.29 is 28.6 Å². The highest BCUT2D eigenvalue weighted by atomic mass is 16.7. The Morgan fingerprint density at radius 2 is 1.31 bits per heavy atom. The Morgan fingerprint density at radius 3 is 1.94 bits per heavy atom. The number of hydrogen-bond donors (Lipinski definition) is 0. The van der Waals surface area contributed by atoms with Crippen LogP contribution in [-0.2, 0) is 23.8 Å². The molecule has 7 heteroatoms. The number of allylic oxidation sites excluding steroid dienone is 2. The molecule has 2 fully saturated rings. The minimum absolute atomic E-state index is 0.0771. The summed E-state index contributed by atoms with van der Waals surface area (Å²) in [7, 11) is 0. The normalized spacial score (nSPS) is 21.8. The lowest BCUT2D eigenvalue weighted by atomic mass is 9.70. The third kappa shape index (κ3) is 22.7. The van der Waals surface area contributed by atoms with Crippen LogP contribution in [0.4, 0.5) is 4.79 Å². The van der Waals surface area contributed by atoms with Crippen LogP contribution in [0.2, 0.25) is 0 Å². The van der Waals surface area contributed by atoms with Crippen molar-refractivity contribution >= 4 is 17.9 Å². The predicted molar refractivity (Wildman–Crippen MR) is 210 cm³/mol. The molecule has 1 saturated heterocycles. The average molecular weight is 718 g/mol. The van der Waals surface area contributed by atoms with Crippen molar-refractivity contribution in [1.29, 1.82) is 0 Å². The first-order valence-electron chi connectivity index (χ1n) is 21.6. The minimum atomic E-state index is -0.682. The zero-order valence-electron chi connectivity index (χ0n) is 33.7. The van der Waals surface area contributed by atoms with Gasteiger partial charge in [-0.05, 0) is 101 Å². The molecule has 0 amide bonds. The van der Waals surface area contributed by atoms with Gasteiger partial charge in [0.15, 0.2) is 0 Å². The summed E-state index contributed by atoms with van der Waals surface area (Å²) in [4.78, 5) is 40.8. The van der Waals surface area contributed by atoms with Crippen molar-refractivity contribution in [3.05, 3.63) is 12.2 Å². The number of esters is 1. The van der Waals surface area contributed by atoms with Crippen LogP contribution in [-0.4, -0.2) is 62.3 Å². The highest BCUT2D eigenvalue weighted by molar-refractivity contribution is 5.79. The molecule has 1 heterocycles. The first-order chi connectivity index (χ1) is 24.7. The number of carbonyl (C=O) groups is 3. The van der Waals surface area contributed by atoms with Crippen LogP contribution in [0.5, 0.6) is 0 Å². The van der Waals surface area contributed by atoms with Gasteiger partial charge in [-0.2, -0.15) is 0 Å². The van der Waals surface area contributed by atoms with E-state index in [0.29, 0.717) is 44.1 Å². The van der Waals surface area contributed by atoms with E-state index < -0.39 is 6.16 Å². The number of rotatable bonds is 29. The maximum absolute atomic E-state index is 13.4. The SMILES string of the molecule is CCCCCCCC/C=C/CCCCCCCC(=O)OCC(CCC(=O)CC1(CC)C[C@H](C)CC[C@H](C)C1)COC(=O)OCCCN1CCCC1. The summed E-state index contributed by atoms with van der Waals surface area (Å²) in [6.07, 6.45) is 30.8. The Hall–Kier alpha value is -1.89. The average Bonchev–Trinajstić information content (AvgIpc) is 3.59. The first kappa shape index (κ1) is 45.3. The fraction of sp³-hybridized carbons (Fsp3) is 0.886. The van der Waals surface area contributed by atoms with Gasteiger partial charge >= 0.3 is 12.1 Å². The molecule has 0 spiro atoms. The van der Waals surface area contributed by atoms with Gasteiger partial charge in [-0.25, -0.2) is 4.79 Å². The second-order valence-electron chi connectivity index (χ2n) is 16.5. The smallest absolute Gasteiger partial charge is 0.465 e. The highest BCUT2D eigenvalue weighted by Crippen LogP contribution is 2.45. The number of unbranched alkanes of at least 4 members (excludes halogenated alkanes) is 11. The molecule has 4 atom stereocenters. The largest absolute Gasteiger partial charge is 0.508 e. The third-order valence-electron chi connectivity index (χ3n) is 11.5. The van der Waals surface area contributed by atoms with Crippen molar-refractivity contribution in [3.8, 4) is 0 Å². The lowest BCUT2D eigenvalue weighted by Gasteiger charge is -2.34. The van der Waals surface area contributed by atoms with Crippen molar-refractivity contribution in [2.75, 3.05) is 39.5 Å². The fourth-order valence-corrected chi connectivity index (χ4v) is 8.28. The van der Waals surface area contributed by atoms with E-state index in [2.05, 4.69) is 44.7 Å². The Morgan fingerprint density at radius 1 is 0.725 bits per heavy atom. The number of hydrogen-bond acceptors (Lipinski definition) is 7. The molecule has 7 nitrogen and oxygen atoms in total. The maximum atomic E-state index is 13.4. The molecular formula is C44H79NO6. The van der Waals surface area contributed by atoms with Crippen LogP contribution in [0.3, 0.4) is 0 Å². The van der Waals surface area contributed by atoms with E-state index in [0.717, 1.165) is 71.0 Å². The van der Waals surface area contributed by atoms with Crippen molar-refractivity contribution in [3.63, 3.8) is 0 Å². The molecular weight excluding hydrogens is 638 g/mol. The quantitative estimate of drug-likeness (QED) is 0.0330. The van der Waals surface area contributed by atoms with Crippen LogP contribution < -0.4 is 0 Å². The van der Waals surface area contributed by atoms with Crippen LogP contribution >= 0.6 is 0 Å². The molecule has 296 valence electrons. The first-order valence-corrected chi connectivity index (χ1v) is 21.6. The molecule has 0 radical (unpaired) electrons. The van der Waals surface area contributed by atoms with Gasteiger partial charge in [0.2, 0.25) is 0 Å². The summed E-state index contributed by atoms with van der Waals surface area (Å²) in [5.41, 5.74) is 0.0771. The van der Waals surface area contributed by atoms with E-state index in [1.807, 2.05) is 0 Å². The maximum Gasteiger partial charge on any atom is 0.508 e. The van der Waals surface area contributed by atoms with Crippen molar-refractivity contribution in [1.82, 2.24) is 4.90 Å². The standard InChI is InChI=1S/C44H79NO6/c1-5-7-8-9-10-11-12-13-14-15-16-17-18-19-20-24-42(47)50-36-40(37-51-43(48)49-32-23-31-45-29-21-22-30-45)27-28-41(46)35-44(6-2)33-38(3)25-26-39(4)34-44/h13-14,38-40H,5-12,15-37H2,1-4H3/b14-13+/t38-,39+,40?,44?. The molecule has 2 unspecified atom stereocenters. The number of Topliss-reactive ketones (excluding diaryl/α,β-unsaturated/α-hetero) is 1. The molecule has 51 heavy (non-hydrogen) atoms. The fourth-order valence-electron chi connectivity index (χ4n) is 8.28. The Kier molecular flexibility index (Phi) is 25.4. The molecule has 2 aliphatic rings. The zero-order valence-corrected chi connectivity index (χ0v) is 33.7. The van der Waals surface area contributed by atoms with E-state index in [1.165, 1.54) is 83.5 Å². The molecule has 0 bridgehead atoms. The van der Waals surface area contributed by atoms with E-state index in [-0.39, 0.29) is 36.3 Å². The lowest BCUT2D eigenvalue weighted by molar-refractivity contribution is -0.145. The number of ether oxygens (including phenoxy) is 3. The van der Waals surface area contributed by atoms with Gasteiger partial charge in [0.05, 0.1) is 13.2 Å². The molecule has 0 aromatic rings. The Balaban J connectivity index is 1.69. The predicted octanol–water partition coefficient (Wildman–Crippen LogP) is 11.8. The number of carbonyl (C=O) groups excluding carboxylic acids is 3. The van der Waals surface area contributed by atoms with E-state index in [9.17, 15) is 14.4 Å². The summed E-state index contributed by atoms with van der Waals surface area (Å²) >= 11 is 0. The number of likely N-dealkylation sites (tertiary alicyclic amines) is 1. The molecule has 0 aromatic carbocycles. The van der Waals surface area contributed by atoms with E-state index in [1.54, 1.807) is 0 Å². The van der Waals surface area contributed by atoms with Crippen molar-refractivity contribution in [2.24, 2.45) is 23.2 Å². The molecule has 2 rings (SSSR count). The van der Waals surface area contributed by atoms with Crippen LogP contribution in [0.15, 0.2) is 12.2 Å². The van der Waals surface area contributed by atoms with Gasteiger partial charge < -0.3 is 19.1 Å². The monoisotopic (exact) mass is 718 g/mol. The summed E-state index contributed by atoms with van der Waals surface area (Å²) < 4.78 is 16.5. The molecule has 1 saturated carbocycles. The van der Waals surface area contributed by atoms with E-state index >= 15 is 0 Å². The van der Waals surface area contributed by atoms with Crippen molar-refractivity contribution in [2.45, 2.75) is 188 Å². The number of ketones is 1. The van der Waals surface area contributed by atoms with Gasteiger partial charge in [-0.3, -0.25) is 9.59 Å². The summed E-state index contributed by atoms with van der Waals surface area (Å²) in [5, 5.41) is 0. The molecule has 1 aliphatic carbocycles.